The van der Waals surface area contributed by atoms with E-state index in [0.717, 1.165) is 10.7 Å². The lowest BCUT2D eigenvalue weighted by atomic mass is 10.2. The molecule has 76 valence electrons. The van der Waals surface area contributed by atoms with Gasteiger partial charge < -0.3 is 5.73 Å². The fraction of sp³-hybridized carbons (Fsp3) is 0.400. The lowest BCUT2D eigenvalue weighted by molar-refractivity contribution is 1.15. The third-order valence-electron chi connectivity index (χ3n) is 2.11. The quantitative estimate of drug-likeness (QED) is 0.763. The van der Waals surface area contributed by atoms with E-state index < -0.39 is 0 Å². The monoisotopic (exact) mass is 245 g/mol. The zero-order chi connectivity index (χ0) is 10.1. The Morgan fingerprint density at radius 3 is 2.93 bits per heavy atom. The lowest BCUT2D eigenvalue weighted by Gasteiger charge is -2.11. The number of nitrogen functional groups attached to an aromatic ring is 1. The molecule has 0 saturated carbocycles. The molecule has 14 heavy (non-hydrogen) atoms. The highest BCUT2D eigenvalue weighted by molar-refractivity contribution is 8.19. The number of hydrogen-bond acceptors (Lipinski definition) is 3. The number of hydrogen-bond donors (Lipinski definition) is 1. The van der Waals surface area contributed by atoms with Gasteiger partial charge in [0.05, 0.1) is 4.58 Å². The van der Waals surface area contributed by atoms with Crippen molar-refractivity contribution in [3.05, 3.63) is 28.8 Å². The molecule has 2 N–H and O–H groups in total. The van der Waals surface area contributed by atoms with Gasteiger partial charge in [-0.15, -0.1) is 23.5 Å². The second kappa shape index (κ2) is 4.25. The molecule has 1 fully saturated rings. The number of benzene rings is 1. The van der Waals surface area contributed by atoms with Crippen LogP contribution in [0.5, 0.6) is 0 Å². The Hall–Kier alpha value is 0.01000. The Balaban J connectivity index is 2.27. The molecule has 2 unspecified atom stereocenters. The standard InChI is InChI=1S/C10H12ClNS2/c1-6-5-13-10(14-6)8-4-7(12)2-3-9(8)11/h2-4,6,10H,5,12H2,1H3. The van der Waals surface area contributed by atoms with Crippen molar-refractivity contribution >= 4 is 40.8 Å². The van der Waals surface area contributed by atoms with Gasteiger partial charge in [-0.1, -0.05) is 18.5 Å². The molecule has 1 aromatic rings. The molecule has 0 radical (unpaired) electrons. The molecule has 1 aromatic carbocycles. The van der Waals surface area contributed by atoms with Crippen molar-refractivity contribution in [2.45, 2.75) is 16.8 Å². The van der Waals surface area contributed by atoms with E-state index in [1.54, 1.807) is 0 Å². The molecule has 0 spiro atoms. The fourth-order valence-electron chi connectivity index (χ4n) is 1.42. The first kappa shape index (κ1) is 10.5. The molecule has 1 aliphatic heterocycles. The van der Waals surface area contributed by atoms with Crippen molar-refractivity contribution in [1.82, 2.24) is 0 Å². The maximum absolute atomic E-state index is 6.14. The summed E-state index contributed by atoms with van der Waals surface area (Å²) in [6.07, 6.45) is 0. The van der Waals surface area contributed by atoms with Gasteiger partial charge in [0.1, 0.15) is 0 Å². The SMILES string of the molecule is CC1CSC(c2cc(N)ccc2Cl)S1. The van der Waals surface area contributed by atoms with E-state index in [9.17, 15) is 0 Å². The van der Waals surface area contributed by atoms with E-state index in [-0.39, 0.29) is 0 Å². The van der Waals surface area contributed by atoms with Gasteiger partial charge in [0.25, 0.3) is 0 Å². The molecule has 0 bridgehead atoms. The van der Waals surface area contributed by atoms with Gasteiger partial charge in [-0.2, -0.15) is 0 Å². The third kappa shape index (κ3) is 2.15. The molecule has 0 amide bonds. The van der Waals surface area contributed by atoms with E-state index in [2.05, 4.69) is 6.92 Å². The first-order chi connectivity index (χ1) is 6.66. The largest absolute Gasteiger partial charge is 0.399 e. The van der Waals surface area contributed by atoms with Crippen molar-refractivity contribution < 1.29 is 0 Å². The van der Waals surface area contributed by atoms with E-state index in [4.69, 9.17) is 17.3 Å². The number of thioether (sulfide) groups is 2. The number of nitrogens with two attached hydrogens (primary N) is 1. The molecule has 1 nitrogen and oxygen atoms in total. The Morgan fingerprint density at radius 1 is 1.50 bits per heavy atom. The minimum absolute atomic E-state index is 0.459. The van der Waals surface area contributed by atoms with Crippen LogP contribution in [-0.4, -0.2) is 11.0 Å². The Morgan fingerprint density at radius 2 is 2.29 bits per heavy atom. The lowest BCUT2D eigenvalue weighted by Crippen LogP contribution is -1.92. The summed E-state index contributed by atoms with van der Waals surface area (Å²) in [4.78, 5) is 0. The smallest absolute Gasteiger partial charge is 0.0769 e. The van der Waals surface area contributed by atoms with Crippen molar-refractivity contribution in [3.8, 4) is 0 Å². The maximum atomic E-state index is 6.14. The minimum Gasteiger partial charge on any atom is -0.399 e. The molecule has 4 heteroatoms. The minimum atomic E-state index is 0.459. The first-order valence-electron chi connectivity index (χ1n) is 4.49. The molecule has 2 rings (SSSR count). The zero-order valence-corrected chi connectivity index (χ0v) is 10.3. The molecule has 1 heterocycles. The highest BCUT2D eigenvalue weighted by Crippen LogP contribution is 2.51. The summed E-state index contributed by atoms with van der Waals surface area (Å²) in [5.74, 6) is 1.19. The van der Waals surface area contributed by atoms with Gasteiger partial charge in [-0.25, -0.2) is 0 Å². The summed E-state index contributed by atoms with van der Waals surface area (Å²) in [5.41, 5.74) is 7.72. The Bertz CT molecular complexity index is 343. The van der Waals surface area contributed by atoms with Crippen LogP contribution in [0.3, 0.4) is 0 Å². The van der Waals surface area contributed by atoms with E-state index in [1.807, 2.05) is 41.7 Å². The maximum Gasteiger partial charge on any atom is 0.0769 e. The van der Waals surface area contributed by atoms with Crippen LogP contribution in [-0.2, 0) is 0 Å². The van der Waals surface area contributed by atoms with E-state index in [1.165, 1.54) is 11.3 Å². The van der Waals surface area contributed by atoms with Crippen LogP contribution >= 0.6 is 35.1 Å². The van der Waals surface area contributed by atoms with Crippen LogP contribution in [0.2, 0.25) is 5.02 Å². The summed E-state index contributed by atoms with van der Waals surface area (Å²) in [6, 6.07) is 5.72. The Labute approximate surface area is 97.8 Å². The van der Waals surface area contributed by atoms with Crippen LogP contribution in [0, 0.1) is 0 Å². The highest BCUT2D eigenvalue weighted by atomic mass is 35.5. The zero-order valence-electron chi connectivity index (χ0n) is 7.87. The van der Waals surface area contributed by atoms with Gasteiger partial charge in [0, 0.05) is 21.7 Å². The first-order valence-corrected chi connectivity index (χ1v) is 6.86. The second-order valence-corrected chi connectivity index (χ2v) is 6.78. The normalized spacial score (nSPS) is 26.7. The van der Waals surface area contributed by atoms with Crippen molar-refractivity contribution in [3.63, 3.8) is 0 Å². The van der Waals surface area contributed by atoms with Crippen LogP contribution in [0.15, 0.2) is 18.2 Å². The number of halogens is 1. The highest BCUT2D eigenvalue weighted by Gasteiger charge is 2.25. The Kier molecular flexibility index (Phi) is 3.20. The van der Waals surface area contributed by atoms with Crippen LogP contribution in [0.4, 0.5) is 5.69 Å². The van der Waals surface area contributed by atoms with Crippen LogP contribution in [0.1, 0.15) is 17.1 Å². The average Bonchev–Trinajstić information content (AvgIpc) is 2.56. The number of anilines is 1. The van der Waals surface area contributed by atoms with Gasteiger partial charge in [0.15, 0.2) is 0 Å². The molecular formula is C10H12ClNS2. The molecule has 1 saturated heterocycles. The predicted octanol–water partition coefficient (Wildman–Crippen LogP) is 3.79. The molecule has 0 aromatic heterocycles. The van der Waals surface area contributed by atoms with Crippen molar-refractivity contribution in [1.29, 1.82) is 0 Å². The fourth-order valence-corrected chi connectivity index (χ4v) is 5.03. The van der Waals surface area contributed by atoms with Crippen LogP contribution < -0.4 is 5.73 Å². The molecule has 2 atom stereocenters. The molecule has 0 aliphatic carbocycles. The van der Waals surface area contributed by atoms with E-state index >= 15 is 0 Å². The van der Waals surface area contributed by atoms with Crippen molar-refractivity contribution in [2.24, 2.45) is 0 Å². The van der Waals surface area contributed by atoms with Gasteiger partial charge in [-0.05, 0) is 23.8 Å². The van der Waals surface area contributed by atoms with Gasteiger partial charge >= 0.3 is 0 Å². The van der Waals surface area contributed by atoms with Crippen molar-refractivity contribution in [2.75, 3.05) is 11.5 Å². The van der Waals surface area contributed by atoms with Gasteiger partial charge in [0.2, 0.25) is 0 Å². The average molecular weight is 246 g/mol. The summed E-state index contributed by atoms with van der Waals surface area (Å²) in [7, 11) is 0. The van der Waals surface area contributed by atoms with E-state index in [0.29, 0.717) is 9.83 Å². The summed E-state index contributed by atoms with van der Waals surface area (Å²) in [6.45, 7) is 2.25. The third-order valence-corrected chi connectivity index (χ3v) is 5.79. The summed E-state index contributed by atoms with van der Waals surface area (Å²) >= 11 is 10.1. The molecular weight excluding hydrogens is 234 g/mol. The molecule has 1 aliphatic rings. The number of rotatable bonds is 1. The topological polar surface area (TPSA) is 26.0 Å². The predicted molar refractivity (Wildman–Crippen MR) is 68.1 cm³/mol. The van der Waals surface area contributed by atoms with Crippen LogP contribution in [0.25, 0.3) is 0 Å². The summed E-state index contributed by atoms with van der Waals surface area (Å²) < 4.78 is 0.459. The second-order valence-electron chi connectivity index (χ2n) is 3.39. The summed E-state index contributed by atoms with van der Waals surface area (Å²) in [5, 5.41) is 1.54. The van der Waals surface area contributed by atoms with Gasteiger partial charge in [-0.3, -0.25) is 0 Å².